The molecule has 0 spiro atoms. The molecule has 0 aliphatic heterocycles. The molecule has 0 amide bonds. The SMILES string of the molecule is CCCCCCCC(CCCCCC)[O][AlH2]. The molecule has 2 heteroatoms. The number of hydrogen-bond donors (Lipinski definition) is 0. The Labute approximate surface area is 111 Å². The lowest BCUT2D eigenvalue weighted by atomic mass is 10.0. The van der Waals surface area contributed by atoms with Crippen molar-refractivity contribution in [1.82, 2.24) is 0 Å². The van der Waals surface area contributed by atoms with E-state index in [9.17, 15) is 0 Å². The fourth-order valence-corrected chi connectivity index (χ4v) is 2.63. The Morgan fingerprint density at radius 3 is 1.62 bits per heavy atom. The molecule has 0 N–H and O–H groups in total. The Kier molecular flexibility index (Phi) is 14.0. The maximum atomic E-state index is 5.68. The summed E-state index contributed by atoms with van der Waals surface area (Å²) >= 11 is 0.911. The summed E-state index contributed by atoms with van der Waals surface area (Å²) in [5.74, 6) is 0. The maximum Gasteiger partial charge on any atom is 0.410 e. The van der Waals surface area contributed by atoms with Crippen molar-refractivity contribution in [2.24, 2.45) is 0 Å². The molecule has 0 aliphatic rings. The van der Waals surface area contributed by atoms with E-state index in [1.54, 1.807) is 0 Å². The van der Waals surface area contributed by atoms with Crippen molar-refractivity contribution in [3.63, 3.8) is 0 Å². The molecule has 0 rings (SSSR count). The molecule has 0 aromatic carbocycles. The largest absolute Gasteiger partial charge is 0.504 e. The Morgan fingerprint density at radius 1 is 0.750 bits per heavy atom. The van der Waals surface area contributed by atoms with E-state index in [1.807, 2.05) is 0 Å². The first-order chi connectivity index (χ1) is 7.85. The van der Waals surface area contributed by atoms with Crippen LogP contribution in [0.2, 0.25) is 0 Å². The smallest absolute Gasteiger partial charge is 0.410 e. The molecule has 1 nitrogen and oxygen atoms in total. The zero-order valence-electron chi connectivity index (χ0n) is 11.8. The van der Waals surface area contributed by atoms with Crippen LogP contribution in [0.4, 0.5) is 0 Å². The second-order valence-electron chi connectivity index (χ2n) is 4.91. The van der Waals surface area contributed by atoms with E-state index in [4.69, 9.17) is 3.79 Å². The van der Waals surface area contributed by atoms with Crippen LogP contribution in [0.15, 0.2) is 0 Å². The Bertz CT molecular complexity index is 128. The van der Waals surface area contributed by atoms with Gasteiger partial charge in [0.05, 0.1) is 0 Å². The first kappa shape index (κ1) is 16.5. The molecule has 0 fully saturated rings. The van der Waals surface area contributed by atoms with Gasteiger partial charge in [-0.2, -0.15) is 0 Å². The van der Waals surface area contributed by atoms with Crippen LogP contribution in [0.5, 0.6) is 0 Å². The average Bonchev–Trinajstić information content (AvgIpc) is 2.31. The highest BCUT2D eigenvalue weighted by atomic mass is 27.1. The molecule has 16 heavy (non-hydrogen) atoms. The summed E-state index contributed by atoms with van der Waals surface area (Å²) in [6, 6.07) is 0. The highest BCUT2D eigenvalue weighted by molar-refractivity contribution is 5.98. The zero-order valence-corrected chi connectivity index (χ0v) is 13.8. The molecule has 96 valence electrons. The predicted molar refractivity (Wildman–Crippen MR) is 75.6 cm³/mol. The summed E-state index contributed by atoms with van der Waals surface area (Å²) < 4.78 is 5.68. The lowest BCUT2D eigenvalue weighted by molar-refractivity contribution is 0.189. The minimum atomic E-state index is 0.588. The molecule has 0 aromatic heterocycles. The van der Waals surface area contributed by atoms with E-state index in [2.05, 4.69) is 13.8 Å². The van der Waals surface area contributed by atoms with E-state index >= 15 is 0 Å². The highest BCUT2D eigenvalue weighted by Gasteiger charge is 2.05. The van der Waals surface area contributed by atoms with Gasteiger partial charge in [0.25, 0.3) is 0 Å². The van der Waals surface area contributed by atoms with Crippen LogP contribution in [0.3, 0.4) is 0 Å². The minimum absolute atomic E-state index is 0.588. The monoisotopic (exact) mass is 242 g/mol. The molecule has 0 saturated carbocycles. The van der Waals surface area contributed by atoms with Gasteiger partial charge in [-0.1, -0.05) is 71.6 Å². The van der Waals surface area contributed by atoms with Crippen LogP contribution < -0.4 is 0 Å². The molecular formula is C14H31AlO. The Morgan fingerprint density at radius 2 is 1.19 bits per heavy atom. The third kappa shape index (κ3) is 11.0. The maximum absolute atomic E-state index is 5.68. The fourth-order valence-electron chi connectivity index (χ4n) is 2.15. The van der Waals surface area contributed by atoms with Crippen molar-refractivity contribution < 1.29 is 3.79 Å². The van der Waals surface area contributed by atoms with Crippen molar-refractivity contribution in [3.05, 3.63) is 0 Å². The molecule has 0 heterocycles. The van der Waals surface area contributed by atoms with Gasteiger partial charge in [-0.3, -0.25) is 0 Å². The van der Waals surface area contributed by atoms with E-state index in [1.165, 1.54) is 70.6 Å². The van der Waals surface area contributed by atoms with Crippen molar-refractivity contribution in [2.45, 2.75) is 90.6 Å². The van der Waals surface area contributed by atoms with Crippen LogP contribution in [0.25, 0.3) is 0 Å². The molecular weight excluding hydrogens is 211 g/mol. The summed E-state index contributed by atoms with van der Waals surface area (Å²) in [6.45, 7) is 4.55. The van der Waals surface area contributed by atoms with Gasteiger partial charge in [-0.05, 0) is 12.8 Å². The van der Waals surface area contributed by atoms with E-state index in [0.29, 0.717) is 6.10 Å². The van der Waals surface area contributed by atoms with Crippen LogP contribution in [-0.2, 0) is 3.79 Å². The predicted octanol–water partition coefficient (Wildman–Crippen LogP) is 4.25. The molecule has 0 radical (unpaired) electrons. The number of hydrogen-bond acceptors (Lipinski definition) is 1. The third-order valence-corrected chi connectivity index (χ3v) is 4.01. The third-order valence-electron chi connectivity index (χ3n) is 3.34. The van der Waals surface area contributed by atoms with E-state index in [0.717, 1.165) is 16.6 Å². The summed E-state index contributed by atoms with van der Waals surface area (Å²) in [5, 5.41) is 0. The minimum Gasteiger partial charge on any atom is -0.504 e. The standard InChI is InChI=1S/C14H29O.Al.2H/c1-3-5-7-9-11-13-14(15)12-10-8-6-4-2;;;/h14H,3-13H2,1-2H3;;;/q-1;+1;;. The van der Waals surface area contributed by atoms with E-state index < -0.39 is 0 Å². The van der Waals surface area contributed by atoms with Gasteiger partial charge in [-0.15, -0.1) is 0 Å². The zero-order chi connectivity index (χ0) is 12.1. The summed E-state index contributed by atoms with van der Waals surface area (Å²) in [5.41, 5.74) is 0. The molecule has 1 atom stereocenters. The Hall–Kier alpha value is 0.492. The average molecular weight is 242 g/mol. The molecule has 0 bridgehead atoms. The van der Waals surface area contributed by atoms with Crippen LogP contribution in [0, 0.1) is 0 Å². The lowest BCUT2D eigenvalue weighted by Gasteiger charge is -2.16. The summed E-state index contributed by atoms with van der Waals surface area (Å²) in [6.07, 6.45) is 15.6. The van der Waals surface area contributed by atoms with Crippen molar-refractivity contribution >= 4 is 16.6 Å². The molecule has 1 unspecified atom stereocenters. The second kappa shape index (κ2) is 13.6. The number of rotatable bonds is 12. The second-order valence-corrected chi connectivity index (χ2v) is 5.38. The first-order valence-electron chi connectivity index (χ1n) is 7.37. The summed E-state index contributed by atoms with van der Waals surface area (Å²) in [4.78, 5) is 0. The summed E-state index contributed by atoms with van der Waals surface area (Å²) in [7, 11) is 0. The van der Waals surface area contributed by atoms with Crippen LogP contribution in [0.1, 0.15) is 84.5 Å². The van der Waals surface area contributed by atoms with Gasteiger partial charge < -0.3 is 3.79 Å². The highest BCUT2D eigenvalue weighted by Crippen LogP contribution is 2.14. The molecule has 0 aliphatic carbocycles. The van der Waals surface area contributed by atoms with Gasteiger partial charge in [0.2, 0.25) is 0 Å². The lowest BCUT2D eigenvalue weighted by Crippen LogP contribution is -2.11. The van der Waals surface area contributed by atoms with Gasteiger partial charge >= 0.3 is 16.6 Å². The Balaban J connectivity index is 3.29. The van der Waals surface area contributed by atoms with Gasteiger partial charge in [0.15, 0.2) is 0 Å². The number of unbranched alkanes of at least 4 members (excludes halogenated alkanes) is 7. The van der Waals surface area contributed by atoms with Gasteiger partial charge in [0.1, 0.15) is 0 Å². The van der Waals surface area contributed by atoms with Gasteiger partial charge in [-0.25, -0.2) is 0 Å². The van der Waals surface area contributed by atoms with Crippen molar-refractivity contribution in [2.75, 3.05) is 0 Å². The van der Waals surface area contributed by atoms with Gasteiger partial charge in [0, 0.05) is 6.10 Å². The normalized spacial score (nSPS) is 12.9. The first-order valence-corrected chi connectivity index (χ1v) is 8.19. The van der Waals surface area contributed by atoms with E-state index in [-0.39, 0.29) is 0 Å². The van der Waals surface area contributed by atoms with Crippen molar-refractivity contribution in [3.8, 4) is 0 Å². The van der Waals surface area contributed by atoms with Crippen molar-refractivity contribution in [1.29, 1.82) is 0 Å². The fraction of sp³-hybridized carbons (Fsp3) is 1.00. The topological polar surface area (TPSA) is 9.23 Å². The van der Waals surface area contributed by atoms with Crippen LogP contribution >= 0.6 is 0 Å². The molecule has 0 saturated heterocycles. The molecule has 0 aromatic rings. The van der Waals surface area contributed by atoms with Crippen LogP contribution in [-0.4, -0.2) is 22.7 Å². The quantitative estimate of drug-likeness (QED) is 0.367.